The van der Waals surface area contributed by atoms with Crippen molar-refractivity contribution in [2.75, 3.05) is 0 Å². The molecular formula is C25H24Si. The second-order valence-corrected chi connectivity index (χ2v) is 11.7. The van der Waals surface area contributed by atoms with E-state index in [-0.39, 0.29) is 0 Å². The van der Waals surface area contributed by atoms with Gasteiger partial charge in [0, 0.05) is 0 Å². The van der Waals surface area contributed by atoms with Crippen molar-refractivity contribution < 1.29 is 0 Å². The lowest BCUT2D eigenvalue weighted by Crippen LogP contribution is -2.69. The first-order valence-electron chi connectivity index (χ1n) is 9.34. The fourth-order valence-electron chi connectivity index (χ4n) is 4.43. The molecule has 0 aromatic heterocycles. The molecule has 128 valence electrons. The third-order valence-electron chi connectivity index (χ3n) is 5.54. The summed E-state index contributed by atoms with van der Waals surface area (Å²) in [5.74, 6) is 0. The van der Waals surface area contributed by atoms with E-state index in [1.807, 2.05) is 0 Å². The molecule has 4 rings (SSSR count). The molecule has 0 amide bonds. The van der Waals surface area contributed by atoms with Gasteiger partial charge in [-0.15, -0.1) is 0 Å². The molecule has 0 spiro atoms. The maximum atomic E-state index is 2.40. The molecule has 4 aromatic rings. The van der Waals surface area contributed by atoms with Crippen LogP contribution in [0.25, 0.3) is 10.8 Å². The Hall–Kier alpha value is -2.64. The molecule has 0 unspecified atom stereocenters. The van der Waals surface area contributed by atoms with Crippen molar-refractivity contribution in [3.8, 4) is 0 Å². The van der Waals surface area contributed by atoms with Gasteiger partial charge in [0.2, 0.25) is 0 Å². The van der Waals surface area contributed by atoms with Gasteiger partial charge in [-0.05, 0) is 31.9 Å². The lowest BCUT2D eigenvalue weighted by molar-refractivity contribution is 1.04. The van der Waals surface area contributed by atoms with Gasteiger partial charge in [-0.25, -0.2) is 0 Å². The Morgan fingerprint density at radius 1 is 0.538 bits per heavy atom. The van der Waals surface area contributed by atoms with Crippen molar-refractivity contribution in [2.45, 2.75) is 19.4 Å². The van der Waals surface area contributed by atoms with Crippen LogP contribution in [0, 0.1) is 0 Å². The molecule has 0 fully saturated rings. The normalized spacial score (nSPS) is 11.8. The molecule has 0 saturated carbocycles. The third kappa shape index (κ3) is 2.60. The average Bonchev–Trinajstić information content (AvgIpc) is 2.70. The third-order valence-corrected chi connectivity index (χ3v) is 11.0. The SMILES string of the molecule is CC(C)[Si](c1ccccc1)(c1ccccc1)c1cccc2ccccc12. The highest BCUT2D eigenvalue weighted by Crippen LogP contribution is 2.25. The standard InChI is InChI=1S/C25H24Si/c1-20(2)26(22-14-5-3-6-15-22,23-16-7-4-8-17-23)25-19-11-13-21-12-9-10-18-24(21)25/h3-20H,1-2H3. The van der Waals surface area contributed by atoms with E-state index in [0.29, 0.717) is 5.54 Å². The summed E-state index contributed by atoms with van der Waals surface area (Å²) in [6.45, 7) is 4.79. The minimum atomic E-state index is -2.17. The van der Waals surface area contributed by atoms with Crippen LogP contribution in [0.3, 0.4) is 0 Å². The maximum Gasteiger partial charge on any atom is 0.151 e. The molecule has 0 aliphatic carbocycles. The van der Waals surface area contributed by atoms with Crippen LogP contribution in [0.4, 0.5) is 0 Å². The van der Waals surface area contributed by atoms with Crippen molar-refractivity contribution in [1.82, 2.24) is 0 Å². The van der Waals surface area contributed by atoms with Crippen LogP contribution >= 0.6 is 0 Å². The van der Waals surface area contributed by atoms with E-state index in [4.69, 9.17) is 0 Å². The maximum absolute atomic E-state index is 2.40. The van der Waals surface area contributed by atoms with Crippen molar-refractivity contribution in [3.63, 3.8) is 0 Å². The van der Waals surface area contributed by atoms with Crippen LogP contribution in [-0.4, -0.2) is 8.07 Å². The summed E-state index contributed by atoms with van der Waals surface area (Å²) in [5, 5.41) is 7.20. The monoisotopic (exact) mass is 352 g/mol. The first kappa shape index (κ1) is 16.8. The zero-order valence-electron chi connectivity index (χ0n) is 15.4. The highest BCUT2D eigenvalue weighted by atomic mass is 28.3. The molecule has 0 radical (unpaired) electrons. The van der Waals surface area contributed by atoms with E-state index < -0.39 is 8.07 Å². The summed E-state index contributed by atoms with van der Waals surface area (Å²) in [4.78, 5) is 0. The van der Waals surface area contributed by atoms with Gasteiger partial charge in [0.1, 0.15) is 0 Å². The van der Waals surface area contributed by atoms with Crippen molar-refractivity contribution in [2.24, 2.45) is 0 Å². The second kappa shape index (κ2) is 6.93. The van der Waals surface area contributed by atoms with Crippen LogP contribution in [0.2, 0.25) is 5.54 Å². The first-order chi connectivity index (χ1) is 12.7. The molecule has 0 nitrogen and oxygen atoms in total. The van der Waals surface area contributed by atoms with E-state index in [1.54, 1.807) is 0 Å². The fourth-order valence-corrected chi connectivity index (χ4v) is 9.79. The lowest BCUT2D eigenvalue weighted by atomic mass is 10.1. The minimum absolute atomic E-state index is 0.540. The van der Waals surface area contributed by atoms with Gasteiger partial charge in [-0.3, -0.25) is 0 Å². The van der Waals surface area contributed by atoms with E-state index in [2.05, 4.69) is 117 Å². The summed E-state index contributed by atoms with van der Waals surface area (Å²) < 4.78 is 0. The summed E-state index contributed by atoms with van der Waals surface area (Å²) in [7, 11) is -2.17. The highest BCUT2D eigenvalue weighted by Gasteiger charge is 2.43. The van der Waals surface area contributed by atoms with E-state index in [1.165, 1.54) is 26.3 Å². The van der Waals surface area contributed by atoms with Crippen LogP contribution in [0.15, 0.2) is 103 Å². The molecule has 0 bridgehead atoms. The van der Waals surface area contributed by atoms with E-state index in [0.717, 1.165) is 0 Å². The van der Waals surface area contributed by atoms with Crippen LogP contribution in [-0.2, 0) is 0 Å². The molecule has 0 heterocycles. The topological polar surface area (TPSA) is 0 Å². The molecule has 0 aliphatic heterocycles. The average molecular weight is 353 g/mol. The molecule has 0 N–H and O–H groups in total. The number of benzene rings is 4. The number of hydrogen-bond acceptors (Lipinski definition) is 0. The van der Waals surface area contributed by atoms with Gasteiger partial charge >= 0.3 is 0 Å². The largest absolute Gasteiger partial charge is 0.151 e. The summed E-state index contributed by atoms with van der Waals surface area (Å²) in [5.41, 5.74) is 0.540. The Balaban J connectivity index is 2.15. The number of fused-ring (bicyclic) bond motifs is 1. The second-order valence-electron chi connectivity index (χ2n) is 7.22. The zero-order chi connectivity index (χ0) is 18.0. The summed E-state index contributed by atoms with van der Waals surface area (Å²) in [6, 6.07) is 38.0. The van der Waals surface area contributed by atoms with Gasteiger partial charge in [0.25, 0.3) is 0 Å². The van der Waals surface area contributed by atoms with Crippen molar-refractivity contribution in [1.29, 1.82) is 0 Å². The smallest absolute Gasteiger partial charge is 0.0642 e. The molecule has 0 saturated heterocycles. The van der Waals surface area contributed by atoms with Crippen LogP contribution in [0.1, 0.15) is 13.8 Å². The first-order valence-corrected chi connectivity index (χ1v) is 11.4. The molecule has 26 heavy (non-hydrogen) atoms. The van der Waals surface area contributed by atoms with Crippen LogP contribution in [0.5, 0.6) is 0 Å². The predicted octanol–water partition coefficient (Wildman–Crippen LogP) is 4.72. The molecule has 1 heteroatoms. The molecular weight excluding hydrogens is 328 g/mol. The summed E-state index contributed by atoms with van der Waals surface area (Å²) >= 11 is 0. The van der Waals surface area contributed by atoms with Gasteiger partial charge in [-0.2, -0.15) is 0 Å². The van der Waals surface area contributed by atoms with E-state index >= 15 is 0 Å². The Labute approximate surface area is 157 Å². The molecule has 4 aromatic carbocycles. The fraction of sp³-hybridized carbons (Fsp3) is 0.120. The number of hydrogen-bond donors (Lipinski definition) is 0. The Morgan fingerprint density at radius 2 is 1.04 bits per heavy atom. The Bertz CT molecular complexity index is 959. The highest BCUT2D eigenvalue weighted by molar-refractivity contribution is 7.13. The van der Waals surface area contributed by atoms with Gasteiger partial charge in [0.05, 0.1) is 0 Å². The number of rotatable bonds is 4. The molecule has 0 aliphatic rings. The lowest BCUT2D eigenvalue weighted by Gasteiger charge is -2.38. The zero-order valence-corrected chi connectivity index (χ0v) is 16.4. The molecule has 0 atom stereocenters. The predicted molar refractivity (Wildman–Crippen MR) is 117 cm³/mol. The van der Waals surface area contributed by atoms with Crippen molar-refractivity contribution >= 4 is 34.4 Å². The summed E-state index contributed by atoms with van der Waals surface area (Å²) in [6.07, 6.45) is 0. The van der Waals surface area contributed by atoms with E-state index in [9.17, 15) is 0 Å². The minimum Gasteiger partial charge on any atom is -0.0642 e. The van der Waals surface area contributed by atoms with Gasteiger partial charge in [0.15, 0.2) is 8.07 Å². The quantitative estimate of drug-likeness (QED) is 0.368. The Kier molecular flexibility index (Phi) is 4.48. The van der Waals surface area contributed by atoms with Gasteiger partial charge in [-0.1, -0.05) is 117 Å². The van der Waals surface area contributed by atoms with Gasteiger partial charge < -0.3 is 0 Å². The Morgan fingerprint density at radius 3 is 1.62 bits per heavy atom. The van der Waals surface area contributed by atoms with Crippen molar-refractivity contribution in [3.05, 3.63) is 103 Å². The van der Waals surface area contributed by atoms with Crippen LogP contribution < -0.4 is 15.6 Å².